The first kappa shape index (κ1) is 11.2. The van der Waals surface area contributed by atoms with Crippen LogP contribution in [-0.4, -0.2) is 20.8 Å². The molecular weight excluding hydrogens is 209 g/mol. The zero-order valence-corrected chi connectivity index (χ0v) is 9.55. The van der Waals surface area contributed by atoms with Gasteiger partial charge in [0.1, 0.15) is 5.75 Å². The van der Waals surface area contributed by atoms with E-state index in [0.29, 0.717) is 17.9 Å². The number of benzene rings is 1. The summed E-state index contributed by atoms with van der Waals surface area (Å²) in [5, 5.41) is 0. The minimum absolute atomic E-state index is 0.246. The molecule has 1 aromatic rings. The van der Waals surface area contributed by atoms with Gasteiger partial charge in [-0.1, -0.05) is 0 Å². The van der Waals surface area contributed by atoms with Crippen molar-refractivity contribution in [1.82, 2.24) is 0 Å². The van der Waals surface area contributed by atoms with Crippen LogP contribution in [0.3, 0.4) is 0 Å². The third kappa shape index (κ3) is 1.53. The Morgan fingerprint density at radius 3 is 2.25 bits per heavy atom. The zero-order chi connectivity index (χ0) is 11.8. The van der Waals surface area contributed by atoms with E-state index in [1.165, 1.54) is 14.2 Å². The van der Waals surface area contributed by atoms with Crippen LogP contribution < -0.4 is 15.2 Å². The smallest absolute Gasteiger partial charge is 0.172 e. The third-order valence-electron chi connectivity index (χ3n) is 3.28. The second kappa shape index (κ2) is 3.94. The number of nitrogens with two attached hydrogens (primary N) is 1. The van der Waals surface area contributed by atoms with E-state index >= 15 is 0 Å². The first-order chi connectivity index (χ1) is 7.68. The van der Waals surface area contributed by atoms with Gasteiger partial charge < -0.3 is 15.2 Å². The Morgan fingerprint density at radius 2 is 1.81 bits per heavy atom. The topological polar surface area (TPSA) is 44.5 Å². The van der Waals surface area contributed by atoms with Crippen LogP contribution in [0.1, 0.15) is 18.4 Å². The molecule has 2 rings (SSSR count). The SMILES string of the molecule is COc1ccc(OC)c(C2(CN)CC2)c1F. The molecule has 3 nitrogen and oxygen atoms in total. The lowest BCUT2D eigenvalue weighted by Crippen LogP contribution is -2.22. The van der Waals surface area contributed by atoms with Crippen molar-refractivity contribution in [3.63, 3.8) is 0 Å². The third-order valence-corrected chi connectivity index (χ3v) is 3.28. The highest BCUT2D eigenvalue weighted by Crippen LogP contribution is 2.52. The first-order valence-corrected chi connectivity index (χ1v) is 5.29. The van der Waals surface area contributed by atoms with Crippen LogP contribution in [0.4, 0.5) is 4.39 Å². The number of halogens is 1. The summed E-state index contributed by atoms with van der Waals surface area (Å²) in [5.41, 5.74) is 6.04. The molecule has 0 spiro atoms. The predicted molar refractivity (Wildman–Crippen MR) is 59.5 cm³/mol. The van der Waals surface area contributed by atoms with E-state index in [1.807, 2.05) is 0 Å². The summed E-state index contributed by atoms with van der Waals surface area (Å²) < 4.78 is 24.4. The molecule has 1 aliphatic rings. The summed E-state index contributed by atoms with van der Waals surface area (Å²) in [5.74, 6) is 0.460. The van der Waals surface area contributed by atoms with Crippen LogP contribution in [0.5, 0.6) is 11.5 Å². The van der Waals surface area contributed by atoms with E-state index < -0.39 is 0 Å². The molecule has 1 fully saturated rings. The second-order valence-electron chi connectivity index (χ2n) is 4.14. The molecular formula is C12H16FNO2. The van der Waals surface area contributed by atoms with Gasteiger partial charge in [0.25, 0.3) is 0 Å². The van der Waals surface area contributed by atoms with Crippen molar-refractivity contribution in [3.05, 3.63) is 23.5 Å². The minimum atomic E-state index is -0.343. The van der Waals surface area contributed by atoms with Crippen molar-refractivity contribution in [2.75, 3.05) is 20.8 Å². The van der Waals surface area contributed by atoms with Gasteiger partial charge in [0.2, 0.25) is 0 Å². The molecule has 0 aromatic heterocycles. The van der Waals surface area contributed by atoms with Gasteiger partial charge in [0.05, 0.1) is 14.2 Å². The lowest BCUT2D eigenvalue weighted by molar-refractivity contribution is 0.365. The molecule has 0 amide bonds. The summed E-state index contributed by atoms with van der Waals surface area (Å²) in [6.45, 7) is 0.438. The largest absolute Gasteiger partial charge is 0.496 e. The number of ether oxygens (including phenoxy) is 2. The zero-order valence-electron chi connectivity index (χ0n) is 9.55. The van der Waals surface area contributed by atoms with Crippen LogP contribution in [0.2, 0.25) is 0 Å². The predicted octanol–water partition coefficient (Wildman–Crippen LogP) is 1.83. The number of hydrogen-bond donors (Lipinski definition) is 1. The Bertz CT molecular complexity index is 402. The van der Waals surface area contributed by atoms with Crippen molar-refractivity contribution in [1.29, 1.82) is 0 Å². The van der Waals surface area contributed by atoms with Crippen LogP contribution in [0, 0.1) is 5.82 Å². The maximum absolute atomic E-state index is 14.2. The van der Waals surface area contributed by atoms with E-state index in [0.717, 1.165) is 12.8 Å². The molecule has 4 heteroatoms. The van der Waals surface area contributed by atoms with Crippen molar-refractivity contribution in [2.45, 2.75) is 18.3 Å². The van der Waals surface area contributed by atoms with Gasteiger partial charge in [-0.15, -0.1) is 0 Å². The molecule has 0 heterocycles. The summed E-state index contributed by atoms with van der Waals surface area (Å²) >= 11 is 0. The Labute approximate surface area is 94.3 Å². The van der Waals surface area contributed by atoms with Gasteiger partial charge >= 0.3 is 0 Å². The Balaban J connectivity index is 2.56. The minimum Gasteiger partial charge on any atom is -0.496 e. The Kier molecular flexibility index (Phi) is 2.76. The normalized spacial score (nSPS) is 17.0. The standard InChI is InChI=1S/C12H16FNO2/c1-15-8-3-4-9(16-2)11(13)10(8)12(7-14)5-6-12/h3-4H,5-7,14H2,1-2H3. The highest BCUT2D eigenvalue weighted by Gasteiger charge is 2.47. The molecule has 1 aliphatic carbocycles. The van der Waals surface area contributed by atoms with E-state index in [1.54, 1.807) is 12.1 Å². The summed E-state index contributed by atoms with van der Waals surface area (Å²) in [7, 11) is 2.99. The molecule has 2 N–H and O–H groups in total. The van der Waals surface area contributed by atoms with Gasteiger partial charge in [-0.2, -0.15) is 0 Å². The van der Waals surface area contributed by atoms with Crippen LogP contribution in [0.15, 0.2) is 12.1 Å². The number of methoxy groups -OCH3 is 2. The lowest BCUT2D eigenvalue weighted by atomic mass is 9.94. The quantitative estimate of drug-likeness (QED) is 0.850. The van der Waals surface area contributed by atoms with E-state index in [2.05, 4.69) is 0 Å². The first-order valence-electron chi connectivity index (χ1n) is 5.29. The average Bonchev–Trinajstić information content (AvgIpc) is 3.09. The maximum Gasteiger partial charge on any atom is 0.172 e. The molecule has 0 aliphatic heterocycles. The van der Waals surface area contributed by atoms with Crippen molar-refractivity contribution in [3.8, 4) is 11.5 Å². The molecule has 0 saturated heterocycles. The Morgan fingerprint density at radius 1 is 1.25 bits per heavy atom. The highest BCUT2D eigenvalue weighted by molar-refractivity contribution is 5.49. The fraction of sp³-hybridized carbons (Fsp3) is 0.500. The van der Waals surface area contributed by atoms with Gasteiger partial charge in [0.15, 0.2) is 11.6 Å². The summed E-state index contributed by atoms with van der Waals surface area (Å²) in [6.07, 6.45) is 1.81. The molecule has 1 aromatic carbocycles. The Hall–Kier alpha value is -1.29. The van der Waals surface area contributed by atoms with E-state index in [4.69, 9.17) is 15.2 Å². The van der Waals surface area contributed by atoms with Crippen molar-refractivity contribution < 1.29 is 13.9 Å². The van der Waals surface area contributed by atoms with Crippen LogP contribution in [0.25, 0.3) is 0 Å². The van der Waals surface area contributed by atoms with Gasteiger partial charge in [-0.25, -0.2) is 4.39 Å². The monoisotopic (exact) mass is 225 g/mol. The van der Waals surface area contributed by atoms with Crippen LogP contribution in [-0.2, 0) is 5.41 Å². The molecule has 0 unspecified atom stereocenters. The average molecular weight is 225 g/mol. The molecule has 0 bridgehead atoms. The van der Waals surface area contributed by atoms with Crippen molar-refractivity contribution >= 4 is 0 Å². The molecule has 1 saturated carbocycles. The second-order valence-corrected chi connectivity index (χ2v) is 4.14. The van der Waals surface area contributed by atoms with E-state index in [-0.39, 0.29) is 17.0 Å². The van der Waals surface area contributed by atoms with E-state index in [9.17, 15) is 4.39 Å². The van der Waals surface area contributed by atoms with Crippen molar-refractivity contribution in [2.24, 2.45) is 5.73 Å². The molecule has 0 radical (unpaired) electrons. The highest BCUT2D eigenvalue weighted by atomic mass is 19.1. The lowest BCUT2D eigenvalue weighted by Gasteiger charge is -2.19. The number of hydrogen-bond acceptors (Lipinski definition) is 3. The fourth-order valence-corrected chi connectivity index (χ4v) is 2.07. The summed E-state index contributed by atoms with van der Waals surface area (Å²) in [6, 6.07) is 3.30. The van der Waals surface area contributed by atoms with Gasteiger partial charge in [-0.3, -0.25) is 0 Å². The fourth-order valence-electron chi connectivity index (χ4n) is 2.07. The summed E-state index contributed by atoms with van der Waals surface area (Å²) in [4.78, 5) is 0. The number of rotatable bonds is 4. The maximum atomic E-state index is 14.2. The van der Waals surface area contributed by atoms with Gasteiger partial charge in [-0.05, 0) is 25.0 Å². The van der Waals surface area contributed by atoms with Gasteiger partial charge in [0, 0.05) is 17.5 Å². The molecule has 88 valence electrons. The molecule has 16 heavy (non-hydrogen) atoms. The van der Waals surface area contributed by atoms with Crippen LogP contribution >= 0.6 is 0 Å². The molecule has 0 atom stereocenters.